The van der Waals surface area contributed by atoms with Gasteiger partial charge in [-0.1, -0.05) is 33.6 Å². The van der Waals surface area contributed by atoms with Crippen molar-refractivity contribution in [3.8, 4) is 5.75 Å². The Morgan fingerprint density at radius 1 is 1.50 bits per heavy atom. The van der Waals surface area contributed by atoms with E-state index in [0.29, 0.717) is 15.6 Å². The zero-order valence-corrected chi connectivity index (χ0v) is 9.32. The molecule has 0 spiro atoms. The molecule has 66 valence electrons. The number of rotatable bonds is 2. The van der Waals surface area contributed by atoms with Crippen LogP contribution in [0.1, 0.15) is 17.3 Å². The Hall–Kier alpha value is -0.210. The average molecular weight is 250 g/mol. The Balaban J connectivity index is 3.02. The highest BCUT2D eigenvalue weighted by atomic mass is 79.9. The molecule has 0 bridgehead atoms. The van der Waals surface area contributed by atoms with Crippen LogP contribution in [-0.4, -0.2) is 7.11 Å². The van der Waals surface area contributed by atoms with Crippen molar-refractivity contribution in [1.82, 2.24) is 0 Å². The number of benzene rings is 1. The summed E-state index contributed by atoms with van der Waals surface area (Å²) < 4.78 is 5.03. The molecule has 1 rings (SSSR count). The van der Waals surface area contributed by atoms with E-state index in [0.717, 1.165) is 5.56 Å². The van der Waals surface area contributed by atoms with Crippen molar-refractivity contribution in [2.45, 2.75) is 11.8 Å². The summed E-state index contributed by atoms with van der Waals surface area (Å²) in [7, 11) is 1.61. The van der Waals surface area contributed by atoms with Crippen molar-refractivity contribution in [3.05, 3.63) is 28.8 Å². The predicted molar refractivity (Wildman–Crippen MR) is 55.3 cm³/mol. The molecule has 0 saturated heterocycles. The SMILES string of the molecule is COc1ccc([C@@H](C)Br)cc1Cl. The minimum atomic E-state index is 0.320. The van der Waals surface area contributed by atoms with E-state index in [4.69, 9.17) is 16.3 Å². The van der Waals surface area contributed by atoms with Crippen molar-refractivity contribution >= 4 is 27.5 Å². The van der Waals surface area contributed by atoms with Crippen molar-refractivity contribution in [1.29, 1.82) is 0 Å². The molecule has 0 aromatic heterocycles. The molecule has 0 aliphatic carbocycles. The minimum absolute atomic E-state index is 0.320. The van der Waals surface area contributed by atoms with Crippen LogP contribution >= 0.6 is 27.5 Å². The van der Waals surface area contributed by atoms with Gasteiger partial charge >= 0.3 is 0 Å². The summed E-state index contributed by atoms with van der Waals surface area (Å²) in [5.41, 5.74) is 1.15. The fraction of sp³-hybridized carbons (Fsp3) is 0.333. The zero-order chi connectivity index (χ0) is 9.14. The molecule has 0 heterocycles. The highest BCUT2D eigenvalue weighted by Gasteiger charge is 2.04. The summed E-state index contributed by atoms with van der Waals surface area (Å²) in [5, 5.41) is 0.654. The van der Waals surface area contributed by atoms with E-state index < -0.39 is 0 Å². The van der Waals surface area contributed by atoms with Gasteiger partial charge in [-0.3, -0.25) is 0 Å². The number of halogens is 2. The molecule has 1 aromatic rings. The first-order valence-corrected chi connectivity index (χ1v) is 4.92. The molecule has 3 heteroatoms. The summed E-state index contributed by atoms with van der Waals surface area (Å²) in [6.45, 7) is 2.05. The summed E-state index contributed by atoms with van der Waals surface area (Å²) in [5.74, 6) is 0.716. The first kappa shape index (κ1) is 9.87. The van der Waals surface area contributed by atoms with Gasteiger partial charge in [-0.25, -0.2) is 0 Å². The van der Waals surface area contributed by atoms with E-state index in [1.807, 2.05) is 18.2 Å². The Bertz CT molecular complexity index is 273. The molecular formula is C9H10BrClO. The summed E-state index contributed by atoms with van der Waals surface area (Å²) in [6, 6.07) is 5.76. The fourth-order valence-corrected chi connectivity index (χ4v) is 1.48. The molecule has 0 aliphatic rings. The summed E-state index contributed by atoms with van der Waals surface area (Å²) >= 11 is 9.39. The largest absolute Gasteiger partial charge is 0.495 e. The molecular weight excluding hydrogens is 239 g/mol. The highest BCUT2D eigenvalue weighted by molar-refractivity contribution is 9.09. The van der Waals surface area contributed by atoms with Gasteiger partial charge in [0.25, 0.3) is 0 Å². The van der Waals surface area contributed by atoms with E-state index in [2.05, 4.69) is 22.9 Å². The molecule has 0 amide bonds. The van der Waals surface area contributed by atoms with Gasteiger partial charge in [0.2, 0.25) is 0 Å². The molecule has 1 nitrogen and oxygen atoms in total. The van der Waals surface area contributed by atoms with Gasteiger partial charge in [-0.15, -0.1) is 0 Å². The van der Waals surface area contributed by atoms with Crippen LogP contribution in [0.25, 0.3) is 0 Å². The standard InChI is InChI=1S/C9H10BrClO/c1-6(10)7-3-4-9(12-2)8(11)5-7/h3-6H,1-2H3/t6-/m1/s1. The number of alkyl halides is 1. The summed E-state index contributed by atoms with van der Waals surface area (Å²) in [6.07, 6.45) is 0. The van der Waals surface area contributed by atoms with Gasteiger partial charge in [0.05, 0.1) is 12.1 Å². The lowest BCUT2D eigenvalue weighted by Gasteiger charge is -2.07. The number of methoxy groups -OCH3 is 1. The molecule has 0 saturated carbocycles. The van der Waals surface area contributed by atoms with Gasteiger partial charge < -0.3 is 4.74 Å². The Morgan fingerprint density at radius 2 is 2.17 bits per heavy atom. The van der Waals surface area contributed by atoms with E-state index in [1.165, 1.54) is 0 Å². The maximum atomic E-state index is 5.93. The van der Waals surface area contributed by atoms with Gasteiger partial charge in [-0.05, 0) is 24.6 Å². The normalized spacial score (nSPS) is 12.7. The summed E-state index contributed by atoms with van der Waals surface area (Å²) in [4.78, 5) is 0.320. The second kappa shape index (κ2) is 4.15. The molecule has 1 atom stereocenters. The van der Waals surface area contributed by atoms with Crippen molar-refractivity contribution in [3.63, 3.8) is 0 Å². The number of ether oxygens (including phenoxy) is 1. The van der Waals surface area contributed by atoms with Gasteiger partial charge in [-0.2, -0.15) is 0 Å². The molecule has 1 aromatic carbocycles. The van der Waals surface area contributed by atoms with E-state index >= 15 is 0 Å². The third-order valence-corrected chi connectivity index (χ3v) is 2.46. The lowest BCUT2D eigenvalue weighted by molar-refractivity contribution is 0.415. The first-order chi connectivity index (χ1) is 5.65. The monoisotopic (exact) mass is 248 g/mol. The van der Waals surface area contributed by atoms with E-state index in [9.17, 15) is 0 Å². The van der Waals surface area contributed by atoms with Crippen LogP contribution in [0.3, 0.4) is 0 Å². The Labute approximate surface area is 85.8 Å². The third-order valence-electron chi connectivity index (χ3n) is 1.64. The average Bonchev–Trinajstić information content (AvgIpc) is 2.04. The fourth-order valence-electron chi connectivity index (χ4n) is 0.930. The van der Waals surface area contributed by atoms with Gasteiger partial charge in [0, 0.05) is 4.83 Å². The quantitative estimate of drug-likeness (QED) is 0.724. The minimum Gasteiger partial charge on any atom is -0.495 e. The first-order valence-electron chi connectivity index (χ1n) is 3.62. The van der Waals surface area contributed by atoms with Gasteiger partial charge in [0.15, 0.2) is 0 Å². The second-order valence-corrected chi connectivity index (χ2v) is 4.29. The van der Waals surface area contributed by atoms with Gasteiger partial charge in [0.1, 0.15) is 5.75 Å². The lowest BCUT2D eigenvalue weighted by Crippen LogP contribution is -1.87. The van der Waals surface area contributed by atoms with Crippen LogP contribution in [0.15, 0.2) is 18.2 Å². The van der Waals surface area contributed by atoms with Crippen molar-refractivity contribution in [2.24, 2.45) is 0 Å². The second-order valence-electron chi connectivity index (χ2n) is 2.51. The van der Waals surface area contributed by atoms with Crippen LogP contribution < -0.4 is 4.74 Å². The Morgan fingerprint density at radius 3 is 2.58 bits per heavy atom. The van der Waals surface area contributed by atoms with Crippen molar-refractivity contribution in [2.75, 3.05) is 7.11 Å². The van der Waals surface area contributed by atoms with Crippen LogP contribution in [0.5, 0.6) is 5.75 Å². The molecule has 0 N–H and O–H groups in total. The molecule has 0 aliphatic heterocycles. The van der Waals surface area contributed by atoms with Crippen molar-refractivity contribution < 1.29 is 4.74 Å². The van der Waals surface area contributed by atoms with E-state index in [1.54, 1.807) is 7.11 Å². The molecule has 12 heavy (non-hydrogen) atoms. The topological polar surface area (TPSA) is 9.23 Å². The molecule has 0 unspecified atom stereocenters. The van der Waals surface area contributed by atoms with Crippen LogP contribution in [0.2, 0.25) is 5.02 Å². The van der Waals surface area contributed by atoms with Crippen LogP contribution in [0, 0.1) is 0 Å². The Kier molecular flexibility index (Phi) is 3.41. The smallest absolute Gasteiger partial charge is 0.137 e. The maximum Gasteiger partial charge on any atom is 0.137 e. The number of hydrogen-bond acceptors (Lipinski definition) is 1. The number of hydrogen-bond donors (Lipinski definition) is 0. The molecule has 0 fully saturated rings. The van der Waals surface area contributed by atoms with E-state index in [-0.39, 0.29) is 0 Å². The van der Waals surface area contributed by atoms with Crippen LogP contribution in [-0.2, 0) is 0 Å². The predicted octanol–water partition coefficient (Wildman–Crippen LogP) is 3.80. The van der Waals surface area contributed by atoms with Crippen LogP contribution in [0.4, 0.5) is 0 Å². The highest BCUT2D eigenvalue weighted by Crippen LogP contribution is 2.30. The maximum absolute atomic E-state index is 5.93. The third kappa shape index (κ3) is 2.14. The molecule has 0 radical (unpaired) electrons. The lowest BCUT2D eigenvalue weighted by atomic mass is 10.2. The zero-order valence-electron chi connectivity index (χ0n) is 6.97.